The van der Waals surface area contributed by atoms with Gasteiger partial charge < -0.3 is 18.9 Å². The van der Waals surface area contributed by atoms with E-state index in [-0.39, 0.29) is 12.1 Å². The molecular weight excluding hydrogens is 236 g/mol. The van der Waals surface area contributed by atoms with E-state index in [1.165, 1.54) is 6.92 Å². The average molecular weight is 262 g/mol. The molecule has 0 radical (unpaired) electrons. The normalized spacial score (nSPS) is 12.4. The number of esters is 1. The summed E-state index contributed by atoms with van der Waals surface area (Å²) in [5, 5.41) is 0. The summed E-state index contributed by atoms with van der Waals surface area (Å²) < 4.78 is 20.8. The van der Waals surface area contributed by atoms with Crippen LogP contribution in [-0.2, 0) is 23.7 Å². The molecule has 0 aliphatic rings. The van der Waals surface area contributed by atoms with Gasteiger partial charge in [0.15, 0.2) is 0 Å². The van der Waals surface area contributed by atoms with Gasteiger partial charge in [0.1, 0.15) is 6.61 Å². The molecule has 1 unspecified atom stereocenters. The maximum absolute atomic E-state index is 10.8. The number of carbonyl (C=O) groups excluding carboxylic acids is 1. The maximum Gasteiger partial charge on any atom is 0.302 e. The predicted octanol–water partition coefficient (Wildman–Crippen LogP) is 1.79. The fraction of sp³-hybridized carbons (Fsp3) is 0.923. The summed E-state index contributed by atoms with van der Waals surface area (Å²) in [7, 11) is 1.64. The molecule has 0 saturated heterocycles. The molecule has 0 aliphatic heterocycles. The van der Waals surface area contributed by atoms with E-state index >= 15 is 0 Å². The van der Waals surface area contributed by atoms with Crippen molar-refractivity contribution in [3.63, 3.8) is 0 Å². The molecule has 0 aromatic carbocycles. The zero-order valence-corrected chi connectivity index (χ0v) is 11.8. The highest BCUT2D eigenvalue weighted by molar-refractivity contribution is 5.65. The zero-order chi connectivity index (χ0) is 13.6. The molecule has 0 amide bonds. The number of hydrogen-bond donors (Lipinski definition) is 0. The summed E-state index contributed by atoms with van der Waals surface area (Å²) in [6.45, 7) is 6.07. The average Bonchev–Trinajstić information content (AvgIpc) is 2.35. The molecule has 108 valence electrons. The largest absolute Gasteiger partial charge is 0.463 e. The molecular formula is C13H26O5. The summed E-state index contributed by atoms with van der Waals surface area (Å²) in [5.41, 5.74) is 0. The lowest BCUT2D eigenvalue weighted by molar-refractivity contribution is -0.145. The van der Waals surface area contributed by atoms with Crippen LogP contribution in [0.3, 0.4) is 0 Å². The van der Waals surface area contributed by atoms with Crippen LogP contribution in [0, 0.1) is 0 Å². The van der Waals surface area contributed by atoms with E-state index in [1.54, 1.807) is 7.11 Å². The Labute approximate surface area is 110 Å². The van der Waals surface area contributed by atoms with Gasteiger partial charge in [0.05, 0.1) is 32.5 Å². The van der Waals surface area contributed by atoms with Gasteiger partial charge in [0, 0.05) is 14.0 Å². The topological polar surface area (TPSA) is 54.0 Å². The lowest BCUT2D eigenvalue weighted by Gasteiger charge is -2.17. The van der Waals surface area contributed by atoms with Crippen LogP contribution >= 0.6 is 0 Å². The van der Waals surface area contributed by atoms with E-state index in [4.69, 9.17) is 18.9 Å². The molecule has 0 aromatic rings. The molecule has 0 bridgehead atoms. The summed E-state index contributed by atoms with van der Waals surface area (Å²) in [4.78, 5) is 10.8. The van der Waals surface area contributed by atoms with Crippen molar-refractivity contribution < 1.29 is 23.7 Å². The Morgan fingerprint density at radius 1 is 1.17 bits per heavy atom. The van der Waals surface area contributed by atoms with Crippen LogP contribution in [-0.4, -0.2) is 52.2 Å². The van der Waals surface area contributed by atoms with Gasteiger partial charge in [-0.05, 0) is 6.42 Å². The first-order chi connectivity index (χ1) is 8.70. The van der Waals surface area contributed by atoms with Crippen LogP contribution in [0.15, 0.2) is 0 Å². The minimum atomic E-state index is -0.267. The number of ether oxygens (including phenoxy) is 4. The minimum Gasteiger partial charge on any atom is -0.463 e. The molecule has 5 heteroatoms. The molecule has 0 fully saturated rings. The Morgan fingerprint density at radius 2 is 1.89 bits per heavy atom. The van der Waals surface area contributed by atoms with E-state index in [1.807, 2.05) is 0 Å². The predicted molar refractivity (Wildman–Crippen MR) is 68.6 cm³/mol. The Bertz CT molecular complexity index is 196. The van der Waals surface area contributed by atoms with Crippen LogP contribution in [0.2, 0.25) is 0 Å². The van der Waals surface area contributed by atoms with E-state index in [0.717, 1.165) is 19.3 Å². The number of rotatable bonds is 12. The second kappa shape index (κ2) is 12.8. The summed E-state index contributed by atoms with van der Waals surface area (Å²) in [5.74, 6) is -0.267. The third kappa shape index (κ3) is 11.8. The van der Waals surface area contributed by atoms with Crippen LogP contribution < -0.4 is 0 Å². The third-order valence-corrected chi connectivity index (χ3v) is 2.37. The van der Waals surface area contributed by atoms with E-state index in [2.05, 4.69) is 6.92 Å². The van der Waals surface area contributed by atoms with E-state index in [9.17, 15) is 4.79 Å². The number of unbranched alkanes of at least 4 members (excludes halogenated alkanes) is 1. The molecule has 1 atom stereocenters. The summed E-state index contributed by atoms with van der Waals surface area (Å²) >= 11 is 0. The first kappa shape index (κ1) is 17.4. The molecule has 5 nitrogen and oxygen atoms in total. The highest BCUT2D eigenvalue weighted by Crippen LogP contribution is 2.06. The molecule has 0 rings (SSSR count). The van der Waals surface area contributed by atoms with Gasteiger partial charge in [-0.2, -0.15) is 0 Å². The van der Waals surface area contributed by atoms with Gasteiger partial charge in [-0.25, -0.2) is 0 Å². The fourth-order valence-corrected chi connectivity index (χ4v) is 1.37. The van der Waals surface area contributed by atoms with Crippen molar-refractivity contribution in [3.8, 4) is 0 Å². The highest BCUT2D eigenvalue weighted by atomic mass is 16.6. The van der Waals surface area contributed by atoms with Crippen molar-refractivity contribution in [1.82, 2.24) is 0 Å². The Morgan fingerprint density at radius 3 is 2.50 bits per heavy atom. The Kier molecular flexibility index (Phi) is 12.3. The molecule has 0 saturated carbocycles. The molecule has 18 heavy (non-hydrogen) atoms. The van der Waals surface area contributed by atoms with Gasteiger partial charge in [0.2, 0.25) is 0 Å². The lowest BCUT2D eigenvalue weighted by Crippen LogP contribution is -2.23. The first-order valence-electron chi connectivity index (χ1n) is 6.52. The summed E-state index contributed by atoms with van der Waals surface area (Å²) in [6, 6.07) is 0. The molecule has 0 aliphatic carbocycles. The molecule has 0 aromatic heterocycles. The third-order valence-electron chi connectivity index (χ3n) is 2.37. The maximum atomic E-state index is 10.8. The van der Waals surface area contributed by atoms with Crippen molar-refractivity contribution in [2.24, 2.45) is 0 Å². The van der Waals surface area contributed by atoms with Crippen LogP contribution in [0.4, 0.5) is 0 Å². The minimum absolute atomic E-state index is 0.0279. The quantitative estimate of drug-likeness (QED) is 0.396. The van der Waals surface area contributed by atoms with E-state index in [0.29, 0.717) is 33.0 Å². The highest BCUT2D eigenvalue weighted by Gasteiger charge is 2.10. The van der Waals surface area contributed by atoms with Crippen molar-refractivity contribution in [2.45, 2.75) is 39.2 Å². The van der Waals surface area contributed by atoms with Crippen LogP contribution in [0.1, 0.15) is 33.1 Å². The number of hydrogen-bond acceptors (Lipinski definition) is 5. The Balaban J connectivity index is 3.61. The Hall–Kier alpha value is -0.650. The van der Waals surface area contributed by atoms with Gasteiger partial charge in [-0.15, -0.1) is 0 Å². The zero-order valence-electron chi connectivity index (χ0n) is 11.8. The van der Waals surface area contributed by atoms with E-state index < -0.39 is 0 Å². The monoisotopic (exact) mass is 262 g/mol. The molecule has 0 heterocycles. The van der Waals surface area contributed by atoms with Crippen LogP contribution in [0.25, 0.3) is 0 Å². The van der Waals surface area contributed by atoms with Gasteiger partial charge in [0.25, 0.3) is 0 Å². The fourth-order valence-electron chi connectivity index (χ4n) is 1.37. The molecule has 0 spiro atoms. The lowest BCUT2D eigenvalue weighted by atomic mass is 10.2. The number of carbonyl (C=O) groups is 1. The van der Waals surface area contributed by atoms with Crippen molar-refractivity contribution in [3.05, 3.63) is 0 Å². The second-order valence-corrected chi connectivity index (χ2v) is 4.04. The molecule has 0 N–H and O–H groups in total. The van der Waals surface area contributed by atoms with Crippen molar-refractivity contribution in [1.29, 1.82) is 0 Å². The summed E-state index contributed by atoms with van der Waals surface area (Å²) in [6.07, 6.45) is 3.04. The smallest absolute Gasteiger partial charge is 0.302 e. The van der Waals surface area contributed by atoms with Crippen LogP contribution in [0.5, 0.6) is 0 Å². The number of methoxy groups -OCH3 is 1. The van der Waals surface area contributed by atoms with Gasteiger partial charge in [-0.1, -0.05) is 19.8 Å². The van der Waals surface area contributed by atoms with Gasteiger partial charge in [-0.3, -0.25) is 4.79 Å². The first-order valence-corrected chi connectivity index (χ1v) is 6.52. The SMILES string of the molecule is CCCCC(COC(C)=O)OCCOCCOC. The standard InChI is InChI=1S/C13H26O5/c1-4-5-6-13(11-18-12(2)14)17-10-9-16-8-7-15-3/h13H,4-11H2,1-3H3. The van der Waals surface area contributed by atoms with Gasteiger partial charge >= 0.3 is 5.97 Å². The van der Waals surface area contributed by atoms with Crippen molar-refractivity contribution >= 4 is 5.97 Å². The van der Waals surface area contributed by atoms with Crippen molar-refractivity contribution in [2.75, 3.05) is 40.1 Å². The second-order valence-electron chi connectivity index (χ2n) is 4.04.